The molecule has 0 spiro atoms. The van der Waals surface area contributed by atoms with Crippen LogP contribution in [0.5, 0.6) is 0 Å². The lowest BCUT2D eigenvalue weighted by molar-refractivity contribution is -0.135. The number of carbonyl (C=O) groups excluding carboxylic acids is 1. The fourth-order valence-electron chi connectivity index (χ4n) is 4.33. The lowest BCUT2D eigenvalue weighted by Crippen LogP contribution is -2.46. The molecular weight excluding hydrogens is 434 g/mol. The van der Waals surface area contributed by atoms with Gasteiger partial charge >= 0.3 is 0 Å². The summed E-state index contributed by atoms with van der Waals surface area (Å²) in [4.78, 5) is 35.0. The highest BCUT2D eigenvalue weighted by Crippen LogP contribution is 2.30. The predicted octanol–water partition coefficient (Wildman–Crippen LogP) is 3.24. The summed E-state index contributed by atoms with van der Waals surface area (Å²) in [6.07, 6.45) is 3.81. The van der Waals surface area contributed by atoms with Crippen molar-refractivity contribution in [2.75, 3.05) is 32.1 Å². The number of aryl methyl sites for hydroxylation is 2. The van der Waals surface area contributed by atoms with Crippen LogP contribution in [0.2, 0.25) is 0 Å². The molecule has 0 aromatic carbocycles. The Morgan fingerprint density at radius 1 is 1.26 bits per heavy atom. The summed E-state index contributed by atoms with van der Waals surface area (Å²) >= 11 is 2.93. The molecule has 2 aliphatic heterocycles. The first-order valence-corrected chi connectivity index (χ1v) is 13.0. The van der Waals surface area contributed by atoms with E-state index in [1.165, 1.54) is 11.8 Å². The molecule has 0 bridgehead atoms. The summed E-state index contributed by atoms with van der Waals surface area (Å²) in [5, 5.41) is 1.35. The Kier molecular flexibility index (Phi) is 7.36. The molecule has 7 nitrogen and oxygen atoms in total. The number of aromatic nitrogens is 2. The predicted molar refractivity (Wildman–Crippen MR) is 124 cm³/mol. The van der Waals surface area contributed by atoms with E-state index in [1.54, 1.807) is 15.9 Å². The molecule has 2 unspecified atom stereocenters. The maximum atomic E-state index is 13.5. The van der Waals surface area contributed by atoms with Gasteiger partial charge in [0.25, 0.3) is 5.56 Å². The molecule has 170 valence electrons. The van der Waals surface area contributed by atoms with Gasteiger partial charge in [-0.15, -0.1) is 11.3 Å². The van der Waals surface area contributed by atoms with Crippen molar-refractivity contribution in [2.45, 2.75) is 70.4 Å². The third-order valence-electron chi connectivity index (χ3n) is 6.11. The van der Waals surface area contributed by atoms with Crippen molar-refractivity contribution in [3.63, 3.8) is 0 Å². The molecule has 0 radical (unpaired) electrons. The van der Waals surface area contributed by atoms with Crippen molar-refractivity contribution >= 4 is 39.2 Å². The highest BCUT2D eigenvalue weighted by molar-refractivity contribution is 7.99. The highest BCUT2D eigenvalue weighted by atomic mass is 32.2. The van der Waals surface area contributed by atoms with Gasteiger partial charge in [-0.3, -0.25) is 14.2 Å². The topological polar surface area (TPSA) is 73.7 Å². The fourth-order valence-corrected chi connectivity index (χ4v) is 6.40. The van der Waals surface area contributed by atoms with Crippen molar-refractivity contribution in [3.8, 4) is 0 Å². The van der Waals surface area contributed by atoms with E-state index >= 15 is 0 Å². The first-order chi connectivity index (χ1) is 15.0. The second-order valence-electron chi connectivity index (χ2n) is 8.15. The van der Waals surface area contributed by atoms with E-state index in [-0.39, 0.29) is 29.4 Å². The molecule has 2 aliphatic rings. The molecule has 0 N–H and O–H groups in total. The molecule has 2 aromatic heterocycles. The quantitative estimate of drug-likeness (QED) is 0.462. The minimum absolute atomic E-state index is 0.00549. The van der Waals surface area contributed by atoms with Gasteiger partial charge in [0.15, 0.2) is 5.16 Å². The number of thioether (sulfide) groups is 1. The van der Waals surface area contributed by atoms with Gasteiger partial charge in [0.1, 0.15) is 4.83 Å². The number of ether oxygens (including phenoxy) is 2. The van der Waals surface area contributed by atoms with Crippen LogP contribution < -0.4 is 5.56 Å². The largest absolute Gasteiger partial charge is 0.376 e. The number of carbonyl (C=O) groups is 1. The van der Waals surface area contributed by atoms with Gasteiger partial charge in [-0.25, -0.2) is 4.98 Å². The summed E-state index contributed by atoms with van der Waals surface area (Å²) in [6.45, 7) is 9.26. The number of rotatable bonds is 7. The summed E-state index contributed by atoms with van der Waals surface area (Å²) in [6, 6.07) is 0. The van der Waals surface area contributed by atoms with Crippen LogP contribution in [0.25, 0.3) is 10.2 Å². The van der Waals surface area contributed by atoms with Crippen LogP contribution in [-0.4, -0.2) is 64.6 Å². The molecule has 9 heteroatoms. The Labute approximate surface area is 191 Å². The van der Waals surface area contributed by atoms with E-state index in [1.807, 2.05) is 11.8 Å². The normalized spacial score (nSPS) is 21.8. The summed E-state index contributed by atoms with van der Waals surface area (Å²) in [5.74, 6) is 0.339. The maximum absolute atomic E-state index is 13.5. The number of hydrogen-bond donors (Lipinski definition) is 0. The van der Waals surface area contributed by atoms with E-state index in [0.29, 0.717) is 31.4 Å². The Morgan fingerprint density at radius 3 is 2.77 bits per heavy atom. The van der Waals surface area contributed by atoms with E-state index < -0.39 is 0 Å². The van der Waals surface area contributed by atoms with Crippen molar-refractivity contribution < 1.29 is 14.3 Å². The second-order valence-corrected chi connectivity index (χ2v) is 10.3. The van der Waals surface area contributed by atoms with Gasteiger partial charge in [-0.1, -0.05) is 25.6 Å². The smallest absolute Gasteiger partial charge is 0.263 e. The van der Waals surface area contributed by atoms with Gasteiger partial charge < -0.3 is 14.4 Å². The molecule has 1 amide bonds. The third-order valence-corrected chi connectivity index (χ3v) is 8.12. The summed E-state index contributed by atoms with van der Waals surface area (Å²) < 4.78 is 13.2. The molecule has 4 heterocycles. The number of hydrogen-bond acceptors (Lipinski definition) is 7. The lowest BCUT2D eigenvalue weighted by atomic mass is 10.1. The van der Waals surface area contributed by atoms with Gasteiger partial charge in [0.2, 0.25) is 5.91 Å². The van der Waals surface area contributed by atoms with Crippen LogP contribution >= 0.6 is 23.1 Å². The number of nitrogens with zero attached hydrogens (tertiary/aromatic N) is 3. The van der Waals surface area contributed by atoms with E-state index in [9.17, 15) is 9.59 Å². The van der Waals surface area contributed by atoms with Crippen molar-refractivity contribution in [1.29, 1.82) is 0 Å². The Hall–Kier alpha value is -1.42. The molecule has 2 fully saturated rings. The van der Waals surface area contributed by atoms with Crippen molar-refractivity contribution in [1.82, 2.24) is 14.5 Å². The van der Waals surface area contributed by atoms with Crippen LogP contribution in [0.1, 0.15) is 43.6 Å². The van der Waals surface area contributed by atoms with Crippen molar-refractivity contribution in [2.24, 2.45) is 0 Å². The molecule has 31 heavy (non-hydrogen) atoms. The number of amides is 1. The van der Waals surface area contributed by atoms with E-state index in [0.717, 1.165) is 52.9 Å². The zero-order chi connectivity index (χ0) is 22.0. The van der Waals surface area contributed by atoms with Crippen molar-refractivity contribution in [3.05, 3.63) is 20.8 Å². The Balaban J connectivity index is 1.60. The van der Waals surface area contributed by atoms with E-state index in [4.69, 9.17) is 14.5 Å². The third kappa shape index (κ3) is 4.84. The highest BCUT2D eigenvalue weighted by Gasteiger charge is 2.26. The minimum atomic E-state index is -0.00549. The van der Waals surface area contributed by atoms with E-state index in [2.05, 4.69) is 13.8 Å². The molecule has 2 aromatic rings. The number of morpholine rings is 1. The zero-order valence-corrected chi connectivity index (χ0v) is 20.1. The fraction of sp³-hybridized carbons (Fsp3) is 0.682. The molecule has 0 saturated carbocycles. The van der Waals surface area contributed by atoms with Crippen LogP contribution in [0, 0.1) is 6.92 Å². The SMILES string of the molecule is CCc1c(C)sc2nc(SCC(=O)N3CCOC(CC)C3)n(CC3CCCO3)c(=O)c12. The molecular formula is C22H31N3O4S2. The molecule has 0 aliphatic carbocycles. The standard InChI is InChI=1S/C22H31N3O4S2/c1-4-15-11-24(8-10-29-15)18(26)13-30-22-23-20-19(17(5-2)14(3)31-20)21(27)25(22)12-16-7-6-9-28-16/h15-16H,4-13H2,1-3H3. The minimum Gasteiger partial charge on any atom is -0.376 e. The van der Waals surface area contributed by atoms with Crippen LogP contribution in [0.4, 0.5) is 0 Å². The Bertz CT molecular complexity index is 997. The average Bonchev–Trinajstić information content (AvgIpc) is 3.41. The summed E-state index contributed by atoms with van der Waals surface area (Å²) in [7, 11) is 0. The molecule has 4 rings (SSSR count). The zero-order valence-electron chi connectivity index (χ0n) is 18.5. The maximum Gasteiger partial charge on any atom is 0.263 e. The second kappa shape index (κ2) is 10.0. The number of thiophene rings is 1. The lowest BCUT2D eigenvalue weighted by Gasteiger charge is -2.32. The Morgan fingerprint density at radius 2 is 2.06 bits per heavy atom. The van der Waals surface area contributed by atoms with Crippen LogP contribution in [0.15, 0.2) is 9.95 Å². The average molecular weight is 466 g/mol. The van der Waals surface area contributed by atoms with Gasteiger partial charge in [-0.05, 0) is 38.2 Å². The van der Waals surface area contributed by atoms with Gasteiger partial charge in [0.05, 0.1) is 36.5 Å². The first kappa shape index (κ1) is 22.8. The van der Waals surface area contributed by atoms with Gasteiger partial charge in [0, 0.05) is 24.6 Å². The first-order valence-electron chi connectivity index (χ1n) is 11.2. The molecule has 2 atom stereocenters. The summed E-state index contributed by atoms with van der Waals surface area (Å²) in [5.41, 5.74) is 1.08. The monoisotopic (exact) mass is 465 g/mol. The van der Waals surface area contributed by atoms with Crippen LogP contribution in [-0.2, 0) is 27.2 Å². The number of fused-ring (bicyclic) bond motifs is 1. The van der Waals surface area contributed by atoms with Gasteiger partial charge in [-0.2, -0.15) is 0 Å². The van der Waals surface area contributed by atoms with Crippen LogP contribution in [0.3, 0.4) is 0 Å². The molecule has 2 saturated heterocycles.